The Bertz CT molecular complexity index is 977. The van der Waals surface area contributed by atoms with Crippen molar-refractivity contribution >= 4 is 17.3 Å². The zero-order valence-corrected chi connectivity index (χ0v) is 14.3. The molecule has 0 saturated carbocycles. The molecule has 25 heavy (non-hydrogen) atoms. The lowest BCUT2D eigenvalue weighted by Crippen LogP contribution is -2.04. The van der Waals surface area contributed by atoms with Gasteiger partial charge in [-0.1, -0.05) is 6.07 Å². The van der Waals surface area contributed by atoms with Crippen LogP contribution in [0, 0.1) is 0 Å². The molecule has 0 aliphatic rings. The Hall–Kier alpha value is -3.13. The quantitative estimate of drug-likeness (QED) is 0.596. The molecule has 1 N–H and O–H groups in total. The van der Waals surface area contributed by atoms with E-state index in [-0.39, 0.29) is 0 Å². The number of pyridine rings is 1. The van der Waals surface area contributed by atoms with E-state index in [0.717, 1.165) is 16.3 Å². The summed E-state index contributed by atoms with van der Waals surface area (Å²) in [5.41, 5.74) is 1.72. The van der Waals surface area contributed by atoms with Crippen LogP contribution in [-0.4, -0.2) is 29.7 Å². The second kappa shape index (κ2) is 6.78. The molecule has 4 heterocycles. The molecule has 0 atom stereocenters. The fraction of sp³-hybridized carbons (Fsp3) is 0.118. The first kappa shape index (κ1) is 15.4. The Kier molecular flexibility index (Phi) is 4.17. The predicted octanol–water partition coefficient (Wildman–Crippen LogP) is 3.01. The maximum Gasteiger partial charge on any atom is 0.223 e. The number of aryl methyl sites for hydroxylation is 1. The van der Waals surface area contributed by atoms with Crippen LogP contribution in [0.25, 0.3) is 22.1 Å². The number of aromatic nitrogens is 6. The summed E-state index contributed by atoms with van der Waals surface area (Å²) in [5, 5.41) is 7.33. The van der Waals surface area contributed by atoms with E-state index in [2.05, 4.69) is 42.5 Å². The third-order valence-corrected chi connectivity index (χ3v) is 4.70. The largest absolute Gasteiger partial charge is 0.349 e. The molecule has 7 nitrogen and oxygen atoms in total. The molecule has 0 aliphatic heterocycles. The van der Waals surface area contributed by atoms with Gasteiger partial charge in [0, 0.05) is 24.3 Å². The summed E-state index contributed by atoms with van der Waals surface area (Å²) < 4.78 is 1.69. The molecule has 0 amide bonds. The summed E-state index contributed by atoms with van der Waals surface area (Å²) in [6, 6.07) is 11.9. The van der Waals surface area contributed by atoms with Gasteiger partial charge in [-0.05, 0) is 30.3 Å². The highest BCUT2D eigenvalue weighted by Gasteiger charge is 2.08. The van der Waals surface area contributed by atoms with E-state index in [4.69, 9.17) is 0 Å². The van der Waals surface area contributed by atoms with Crippen LogP contribution < -0.4 is 5.32 Å². The van der Waals surface area contributed by atoms with Crippen LogP contribution in [0.1, 0.15) is 4.88 Å². The van der Waals surface area contributed by atoms with Gasteiger partial charge < -0.3 is 5.32 Å². The number of anilines is 1. The van der Waals surface area contributed by atoms with Crippen LogP contribution in [0.15, 0.2) is 55.1 Å². The first-order chi connectivity index (χ1) is 12.3. The fourth-order valence-electron chi connectivity index (χ4n) is 2.38. The van der Waals surface area contributed by atoms with Crippen LogP contribution in [0.3, 0.4) is 0 Å². The highest BCUT2D eigenvalue weighted by molar-refractivity contribution is 7.15. The molecule has 0 radical (unpaired) electrons. The lowest BCUT2D eigenvalue weighted by molar-refractivity contribution is 0.771. The molecule has 0 aromatic carbocycles. The Morgan fingerprint density at radius 2 is 1.96 bits per heavy atom. The van der Waals surface area contributed by atoms with Crippen LogP contribution in [0.4, 0.5) is 5.95 Å². The van der Waals surface area contributed by atoms with E-state index in [9.17, 15) is 0 Å². The van der Waals surface area contributed by atoms with Crippen molar-refractivity contribution < 1.29 is 0 Å². The number of thiophene rings is 1. The third-order valence-electron chi connectivity index (χ3n) is 3.60. The molecule has 0 saturated heterocycles. The summed E-state index contributed by atoms with van der Waals surface area (Å²) in [6.45, 7) is 0.653. The average Bonchev–Trinajstić information content (AvgIpc) is 3.30. The fourth-order valence-corrected chi connectivity index (χ4v) is 3.31. The molecule has 4 rings (SSSR count). The Balaban J connectivity index is 1.47. The van der Waals surface area contributed by atoms with Gasteiger partial charge in [-0.15, -0.1) is 11.3 Å². The van der Waals surface area contributed by atoms with Gasteiger partial charge in [0.25, 0.3) is 0 Å². The van der Waals surface area contributed by atoms with Crippen molar-refractivity contribution in [3.05, 3.63) is 60.0 Å². The van der Waals surface area contributed by atoms with Crippen molar-refractivity contribution in [1.82, 2.24) is 29.7 Å². The number of hydrogen-bond donors (Lipinski definition) is 1. The summed E-state index contributed by atoms with van der Waals surface area (Å²) in [5.74, 6) is 1.27. The van der Waals surface area contributed by atoms with E-state index >= 15 is 0 Å². The summed E-state index contributed by atoms with van der Waals surface area (Å²) >= 11 is 1.70. The number of rotatable bonds is 5. The lowest BCUT2D eigenvalue weighted by Gasteiger charge is -2.05. The van der Waals surface area contributed by atoms with Crippen molar-refractivity contribution in [1.29, 1.82) is 0 Å². The summed E-state index contributed by atoms with van der Waals surface area (Å²) in [6.07, 6.45) is 5.03. The average molecular weight is 349 g/mol. The molecule has 4 aromatic heterocycles. The van der Waals surface area contributed by atoms with Crippen molar-refractivity contribution in [3.8, 4) is 22.1 Å². The number of hydrogen-bond acceptors (Lipinski definition) is 7. The topological polar surface area (TPSA) is 81.4 Å². The molecular formula is C17H15N7S. The van der Waals surface area contributed by atoms with Gasteiger partial charge in [0.05, 0.1) is 17.1 Å². The van der Waals surface area contributed by atoms with E-state index in [1.54, 1.807) is 28.4 Å². The van der Waals surface area contributed by atoms with Crippen molar-refractivity contribution in [2.75, 3.05) is 5.32 Å². The maximum absolute atomic E-state index is 4.50. The molecular weight excluding hydrogens is 334 g/mol. The summed E-state index contributed by atoms with van der Waals surface area (Å²) in [7, 11) is 1.84. The molecule has 0 fully saturated rings. The van der Waals surface area contributed by atoms with Gasteiger partial charge in [0.15, 0.2) is 5.82 Å². The minimum atomic E-state index is 0.563. The van der Waals surface area contributed by atoms with Gasteiger partial charge >= 0.3 is 0 Å². The predicted molar refractivity (Wildman–Crippen MR) is 96.9 cm³/mol. The van der Waals surface area contributed by atoms with Crippen molar-refractivity contribution in [3.63, 3.8) is 0 Å². The van der Waals surface area contributed by atoms with Gasteiger partial charge in [0.2, 0.25) is 5.95 Å². The van der Waals surface area contributed by atoms with E-state index in [0.29, 0.717) is 18.3 Å². The minimum Gasteiger partial charge on any atom is -0.349 e. The monoisotopic (exact) mass is 349 g/mol. The van der Waals surface area contributed by atoms with E-state index in [1.807, 2.05) is 31.3 Å². The van der Waals surface area contributed by atoms with Gasteiger partial charge in [0.1, 0.15) is 12.0 Å². The van der Waals surface area contributed by atoms with Crippen molar-refractivity contribution in [2.24, 2.45) is 7.05 Å². The summed E-state index contributed by atoms with van der Waals surface area (Å²) in [4.78, 5) is 19.7. The minimum absolute atomic E-state index is 0.563. The molecule has 124 valence electrons. The Morgan fingerprint density at radius 3 is 2.76 bits per heavy atom. The van der Waals surface area contributed by atoms with Crippen LogP contribution in [-0.2, 0) is 13.6 Å². The molecule has 0 aliphatic carbocycles. The lowest BCUT2D eigenvalue weighted by atomic mass is 10.3. The van der Waals surface area contributed by atoms with Crippen LogP contribution in [0.2, 0.25) is 0 Å². The Morgan fingerprint density at radius 1 is 1.00 bits per heavy atom. The van der Waals surface area contributed by atoms with Crippen LogP contribution >= 0.6 is 11.3 Å². The molecule has 8 heteroatoms. The van der Waals surface area contributed by atoms with Crippen molar-refractivity contribution in [2.45, 2.75) is 6.54 Å². The van der Waals surface area contributed by atoms with Gasteiger partial charge in [-0.3, -0.25) is 4.98 Å². The highest BCUT2D eigenvalue weighted by atomic mass is 32.1. The zero-order valence-electron chi connectivity index (χ0n) is 13.5. The normalized spacial score (nSPS) is 10.8. The second-order valence-electron chi connectivity index (χ2n) is 5.31. The molecule has 0 unspecified atom stereocenters. The van der Waals surface area contributed by atoms with E-state index < -0.39 is 0 Å². The first-order valence-electron chi connectivity index (χ1n) is 7.71. The maximum atomic E-state index is 4.50. The van der Waals surface area contributed by atoms with Gasteiger partial charge in [-0.2, -0.15) is 5.10 Å². The third kappa shape index (κ3) is 3.38. The van der Waals surface area contributed by atoms with E-state index in [1.165, 1.54) is 11.2 Å². The first-order valence-corrected chi connectivity index (χ1v) is 8.52. The van der Waals surface area contributed by atoms with Crippen LogP contribution in [0.5, 0.6) is 0 Å². The number of nitrogens with one attached hydrogen (secondary N) is 1. The van der Waals surface area contributed by atoms with Gasteiger partial charge in [-0.25, -0.2) is 19.6 Å². The number of nitrogens with zero attached hydrogens (tertiary/aromatic N) is 6. The zero-order chi connectivity index (χ0) is 17.1. The highest BCUT2D eigenvalue weighted by Crippen LogP contribution is 2.26. The smallest absolute Gasteiger partial charge is 0.223 e. The SMILES string of the molecule is Cn1ncnc1-c1ccnc(NCc2ccc(-c3ccccn3)s2)n1. The Labute approximate surface area is 148 Å². The standard InChI is InChI=1S/C17H15N7S/c1-24-16(21-11-22-24)14-7-9-19-17(23-14)20-10-12-5-6-15(25-12)13-4-2-3-8-18-13/h2-9,11H,10H2,1H3,(H,19,20,23). The molecule has 0 bridgehead atoms. The molecule has 4 aromatic rings. The second-order valence-corrected chi connectivity index (χ2v) is 6.48. The molecule has 0 spiro atoms.